The number of thiazole rings is 1. The number of ether oxygens (including phenoxy) is 2. The smallest absolute Gasteiger partial charge is 0.254 e. The fourth-order valence-electron chi connectivity index (χ4n) is 3.19. The number of carbonyl (C=O) groups is 1. The van der Waals surface area contributed by atoms with E-state index in [1.165, 1.54) is 11.3 Å². The van der Waals surface area contributed by atoms with Gasteiger partial charge in [0, 0.05) is 5.56 Å². The number of aromatic hydroxyl groups is 1. The highest BCUT2D eigenvalue weighted by molar-refractivity contribution is 7.15. The van der Waals surface area contributed by atoms with Crippen molar-refractivity contribution in [2.75, 3.05) is 7.11 Å². The molecule has 0 aliphatic rings. The summed E-state index contributed by atoms with van der Waals surface area (Å²) in [6.07, 6.45) is 0. The summed E-state index contributed by atoms with van der Waals surface area (Å²) >= 11 is 1.32. The van der Waals surface area contributed by atoms with Gasteiger partial charge in [0.1, 0.15) is 34.5 Å². The van der Waals surface area contributed by atoms with Crippen molar-refractivity contribution in [3.8, 4) is 38.9 Å². The molecule has 0 aliphatic heterocycles. The Bertz CT molecular complexity index is 1310. The Kier molecular flexibility index (Phi) is 6.23. The van der Waals surface area contributed by atoms with Gasteiger partial charge in [0.25, 0.3) is 5.91 Å². The van der Waals surface area contributed by atoms with Crippen LogP contribution in [-0.4, -0.2) is 23.1 Å². The summed E-state index contributed by atoms with van der Waals surface area (Å²) in [5.41, 5.74) is 6.53. The predicted octanol–water partition coefficient (Wildman–Crippen LogP) is 5.15. The van der Waals surface area contributed by atoms with E-state index in [4.69, 9.17) is 15.2 Å². The first-order chi connectivity index (χ1) is 15.9. The average molecular weight is 468 g/mol. The van der Waals surface area contributed by atoms with E-state index >= 15 is 0 Å². The first-order valence-electron chi connectivity index (χ1n) is 9.71. The third-order valence-corrected chi connectivity index (χ3v) is 5.90. The lowest BCUT2D eigenvalue weighted by Crippen LogP contribution is -2.16. The van der Waals surface area contributed by atoms with Crippen LogP contribution < -0.4 is 15.2 Å². The van der Waals surface area contributed by atoms with Gasteiger partial charge < -0.3 is 20.3 Å². The minimum atomic E-state index is -1.22. The zero-order chi connectivity index (χ0) is 23.5. The molecule has 0 atom stereocenters. The van der Waals surface area contributed by atoms with Crippen LogP contribution in [0, 0.1) is 11.6 Å². The number of methoxy groups -OCH3 is 1. The number of carbonyl (C=O) groups excluding carboxylic acids is 1. The van der Waals surface area contributed by atoms with Gasteiger partial charge in [-0.3, -0.25) is 4.79 Å². The fourth-order valence-corrected chi connectivity index (χ4v) is 4.19. The van der Waals surface area contributed by atoms with Gasteiger partial charge in [-0.25, -0.2) is 13.8 Å². The quantitative estimate of drug-likeness (QED) is 0.391. The SMILES string of the molecule is COc1ccc(-c2nc(COc3ccc(F)c(C(N)=O)c3F)sc2-c2ccc(O)cc2)cc1. The largest absolute Gasteiger partial charge is 0.508 e. The zero-order valence-electron chi connectivity index (χ0n) is 17.3. The molecule has 0 spiro atoms. The van der Waals surface area contributed by atoms with E-state index in [1.807, 2.05) is 24.3 Å². The van der Waals surface area contributed by atoms with Crippen LogP contribution in [0.2, 0.25) is 0 Å². The fraction of sp³-hybridized carbons (Fsp3) is 0.0833. The van der Waals surface area contributed by atoms with Gasteiger partial charge in [0.15, 0.2) is 11.6 Å². The number of primary amides is 1. The summed E-state index contributed by atoms with van der Waals surface area (Å²) in [6, 6.07) is 16.0. The molecule has 0 unspecified atom stereocenters. The maximum absolute atomic E-state index is 14.5. The highest BCUT2D eigenvalue weighted by Crippen LogP contribution is 2.38. The summed E-state index contributed by atoms with van der Waals surface area (Å²) in [5.74, 6) is -2.92. The van der Waals surface area contributed by atoms with Crippen molar-refractivity contribution in [3.05, 3.63) is 82.9 Å². The number of amides is 1. The molecule has 9 heteroatoms. The number of phenolic OH excluding ortho intramolecular Hbond substituents is 1. The third kappa shape index (κ3) is 4.63. The van der Waals surface area contributed by atoms with E-state index in [-0.39, 0.29) is 18.1 Å². The lowest BCUT2D eigenvalue weighted by molar-refractivity contribution is 0.0991. The van der Waals surface area contributed by atoms with Gasteiger partial charge in [-0.15, -0.1) is 11.3 Å². The molecule has 3 aromatic carbocycles. The van der Waals surface area contributed by atoms with Crippen molar-refractivity contribution < 1.29 is 28.2 Å². The van der Waals surface area contributed by atoms with Gasteiger partial charge in [0.05, 0.1) is 17.7 Å². The number of benzene rings is 3. The molecule has 4 rings (SSSR count). The van der Waals surface area contributed by atoms with Crippen LogP contribution in [-0.2, 0) is 6.61 Å². The number of nitrogens with two attached hydrogens (primary N) is 1. The van der Waals surface area contributed by atoms with Crippen LogP contribution in [0.4, 0.5) is 8.78 Å². The Morgan fingerprint density at radius 3 is 2.33 bits per heavy atom. The molecule has 0 bridgehead atoms. The molecule has 168 valence electrons. The minimum absolute atomic E-state index is 0.118. The number of phenols is 1. The van der Waals surface area contributed by atoms with Crippen molar-refractivity contribution in [1.82, 2.24) is 4.98 Å². The Morgan fingerprint density at radius 1 is 1.03 bits per heavy atom. The van der Waals surface area contributed by atoms with Crippen LogP contribution in [0.5, 0.6) is 17.2 Å². The normalized spacial score (nSPS) is 10.8. The summed E-state index contributed by atoms with van der Waals surface area (Å²) < 4.78 is 38.9. The van der Waals surface area contributed by atoms with E-state index in [9.17, 15) is 18.7 Å². The molecule has 4 aromatic rings. The summed E-state index contributed by atoms with van der Waals surface area (Å²) in [6.45, 7) is -0.118. The topological polar surface area (TPSA) is 94.7 Å². The van der Waals surface area contributed by atoms with Crippen LogP contribution in [0.1, 0.15) is 15.4 Å². The maximum Gasteiger partial charge on any atom is 0.254 e. The van der Waals surface area contributed by atoms with Crippen molar-refractivity contribution in [2.45, 2.75) is 6.61 Å². The lowest BCUT2D eigenvalue weighted by Gasteiger charge is -2.08. The number of nitrogens with zero attached hydrogens (tertiary/aromatic N) is 1. The first-order valence-corrected chi connectivity index (χ1v) is 10.5. The zero-order valence-corrected chi connectivity index (χ0v) is 18.2. The van der Waals surface area contributed by atoms with Gasteiger partial charge in [0.2, 0.25) is 0 Å². The molecule has 0 radical (unpaired) electrons. The molecule has 1 amide bonds. The van der Waals surface area contributed by atoms with Gasteiger partial charge in [-0.05, 0) is 66.2 Å². The van der Waals surface area contributed by atoms with Crippen molar-refractivity contribution >= 4 is 17.2 Å². The molecule has 0 fully saturated rings. The molecule has 0 saturated carbocycles. The summed E-state index contributed by atoms with van der Waals surface area (Å²) in [7, 11) is 1.58. The summed E-state index contributed by atoms with van der Waals surface area (Å²) in [5, 5.41) is 10.2. The molecule has 33 heavy (non-hydrogen) atoms. The van der Waals surface area contributed by atoms with Gasteiger partial charge in [-0.2, -0.15) is 0 Å². The summed E-state index contributed by atoms with van der Waals surface area (Å²) in [4.78, 5) is 16.8. The van der Waals surface area contributed by atoms with Crippen LogP contribution in [0.3, 0.4) is 0 Å². The molecule has 1 heterocycles. The van der Waals surface area contributed by atoms with Crippen molar-refractivity contribution in [3.63, 3.8) is 0 Å². The standard InChI is InChI=1S/C24H18F2N2O4S/c1-31-16-8-4-13(5-9-16)22-23(14-2-6-15(29)7-3-14)33-19(28-22)12-32-18-11-10-17(25)20(21(18)26)24(27)30/h2-11,29H,12H2,1H3,(H2,27,30). The van der Waals surface area contributed by atoms with Crippen molar-refractivity contribution in [1.29, 1.82) is 0 Å². The number of hydrogen-bond donors (Lipinski definition) is 2. The first kappa shape index (κ1) is 22.2. The predicted molar refractivity (Wildman–Crippen MR) is 120 cm³/mol. The molecule has 1 aromatic heterocycles. The maximum atomic E-state index is 14.5. The minimum Gasteiger partial charge on any atom is -0.508 e. The van der Waals surface area contributed by atoms with E-state index in [1.54, 1.807) is 31.4 Å². The van der Waals surface area contributed by atoms with E-state index in [0.717, 1.165) is 28.1 Å². The monoisotopic (exact) mass is 468 g/mol. The number of aromatic nitrogens is 1. The molecule has 0 saturated heterocycles. The Hall–Kier alpha value is -3.98. The van der Waals surface area contributed by atoms with Gasteiger partial charge >= 0.3 is 0 Å². The second-order valence-corrected chi connectivity index (χ2v) is 8.03. The van der Waals surface area contributed by atoms with Gasteiger partial charge in [-0.1, -0.05) is 0 Å². The number of hydrogen-bond acceptors (Lipinski definition) is 6. The van der Waals surface area contributed by atoms with E-state index < -0.39 is 23.1 Å². The lowest BCUT2D eigenvalue weighted by atomic mass is 10.1. The van der Waals surface area contributed by atoms with Crippen LogP contribution in [0.15, 0.2) is 60.7 Å². The number of halogens is 2. The highest BCUT2D eigenvalue weighted by Gasteiger charge is 2.20. The third-order valence-electron chi connectivity index (χ3n) is 4.82. The number of rotatable bonds is 7. The molecule has 6 nitrogen and oxygen atoms in total. The highest BCUT2D eigenvalue weighted by atomic mass is 32.1. The van der Waals surface area contributed by atoms with Crippen LogP contribution >= 0.6 is 11.3 Å². The second-order valence-electron chi connectivity index (χ2n) is 6.95. The molecule has 3 N–H and O–H groups in total. The Morgan fingerprint density at radius 2 is 1.70 bits per heavy atom. The Labute approximate surface area is 191 Å². The van der Waals surface area contributed by atoms with Crippen LogP contribution in [0.25, 0.3) is 21.7 Å². The average Bonchev–Trinajstić information content (AvgIpc) is 3.23. The molecule has 0 aliphatic carbocycles. The molecular formula is C24H18F2N2O4S. The van der Waals surface area contributed by atoms with E-state index in [0.29, 0.717) is 16.5 Å². The molecular weight excluding hydrogens is 450 g/mol. The Balaban J connectivity index is 1.69. The van der Waals surface area contributed by atoms with Crippen molar-refractivity contribution in [2.24, 2.45) is 5.73 Å². The second kappa shape index (κ2) is 9.25. The van der Waals surface area contributed by atoms with E-state index in [2.05, 4.69) is 4.98 Å².